The minimum Gasteiger partial charge on any atom is -0.389 e. The first kappa shape index (κ1) is 9.86. The molecule has 2 N–H and O–H groups in total. The first-order valence-electron chi connectivity index (χ1n) is 4.22. The van der Waals surface area contributed by atoms with Crippen molar-refractivity contribution in [2.75, 3.05) is 13.6 Å². The van der Waals surface area contributed by atoms with Gasteiger partial charge in [-0.15, -0.1) is 0 Å². The Balaban J connectivity index is 2.44. The summed E-state index contributed by atoms with van der Waals surface area (Å²) in [6.45, 7) is 0.406. The van der Waals surface area contributed by atoms with E-state index in [0.717, 1.165) is 0 Å². The van der Waals surface area contributed by atoms with Crippen molar-refractivity contribution in [3.8, 4) is 0 Å². The molecule has 4 heteroatoms. The second-order valence-electron chi connectivity index (χ2n) is 3.61. The first-order valence-corrected chi connectivity index (χ1v) is 4.22. The van der Waals surface area contributed by atoms with Crippen molar-refractivity contribution in [2.24, 2.45) is 0 Å². The predicted molar refractivity (Wildman–Crippen MR) is 42.3 cm³/mol. The van der Waals surface area contributed by atoms with Gasteiger partial charge in [-0.2, -0.15) is 0 Å². The average molecular weight is 179 g/mol. The van der Waals surface area contributed by atoms with Gasteiger partial charge in [-0.3, -0.25) is 0 Å². The molecule has 0 atom stereocenters. The van der Waals surface area contributed by atoms with Crippen molar-refractivity contribution in [3.05, 3.63) is 0 Å². The van der Waals surface area contributed by atoms with E-state index in [4.69, 9.17) is 0 Å². The van der Waals surface area contributed by atoms with Crippen LogP contribution in [0.1, 0.15) is 25.7 Å². The Labute approximate surface area is 71.0 Å². The van der Waals surface area contributed by atoms with E-state index in [1.54, 1.807) is 7.05 Å². The molecule has 1 rings (SSSR count). The lowest BCUT2D eigenvalue weighted by Crippen LogP contribution is -2.45. The van der Waals surface area contributed by atoms with Crippen LogP contribution in [0, 0.1) is 0 Å². The molecular formula is C8H15F2NO. The summed E-state index contributed by atoms with van der Waals surface area (Å²) in [6, 6.07) is 0. The molecular weight excluding hydrogens is 164 g/mol. The Morgan fingerprint density at radius 1 is 1.25 bits per heavy atom. The molecule has 0 aromatic rings. The van der Waals surface area contributed by atoms with Crippen LogP contribution in [0.25, 0.3) is 0 Å². The Morgan fingerprint density at radius 3 is 2.17 bits per heavy atom. The molecule has 0 bridgehead atoms. The summed E-state index contributed by atoms with van der Waals surface area (Å²) >= 11 is 0. The van der Waals surface area contributed by atoms with Crippen molar-refractivity contribution in [2.45, 2.75) is 37.2 Å². The molecule has 1 fully saturated rings. The third-order valence-corrected chi connectivity index (χ3v) is 2.42. The van der Waals surface area contributed by atoms with Gasteiger partial charge in [0.2, 0.25) is 5.92 Å². The molecule has 72 valence electrons. The van der Waals surface area contributed by atoms with Gasteiger partial charge in [0.05, 0.1) is 5.60 Å². The van der Waals surface area contributed by atoms with Gasteiger partial charge >= 0.3 is 0 Å². The zero-order chi connectivity index (χ0) is 9.24. The summed E-state index contributed by atoms with van der Waals surface area (Å²) in [5.41, 5.74) is -0.906. The van der Waals surface area contributed by atoms with Crippen molar-refractivity contribution in [3.63, 3.8) is 0 Å². The Kier molecular flexibility index (Phi) is 2.68. The summed E-state index contributed by atoms with van der Waals surface area (Å²) in [6.07, 6.45) is 0.0119. The maximum Gasteiger partial charge on any atom is 0.248 e. The highest BCUT2D eigenvalue weighted by Gasteiger charge is 2.41. The fraction of sp³-hybridized carbons (Fsp3) is 1.00. The molecule has 0 spiro atoms. The van der Waals surface area contributed by atoms with Crippen molar-refractivity contribution in [1.82, 2.24) is 5.32 Å². The van der Waals surface area contributed by atoms with Crippen LogP contribution in [0.2, 0.25) is 0 Å². The number of nitrogens with one attached hydrogen (secondary N) is 1. The van der Waals surface area contributed by atoms with Crippen molar-refractivity contribution in [1.29, 1.82) is 0 Å². The maximum absolute atomic E-state index is 12.7. The third-order valence-electron chi connectivity index (χ3n) is 2.42. The molecule has 0 heterocycles. The van der Waals surface area contributed by atoms with Crippen LogP contribution in [0.15, 0.2) is 0 Å². The van der Waals surface area contributed by atoms with Gasteiger partial charge < -0.3 is 10.4 Å². The summed E-state index contributed by atoms with van der Waals surface area (Å²) in [4.78, 5) is 0. The number of hydrogen-bond acceptors (Lipinski definition) is 2. The predicted octanol–water partition coefficient (Wildman–Crippen LogP) is 1.15. The van der Waals surface area contributed by atoms with Crippen LogP contribution < -0.4 is 5.32 Å². The van der Waals surface area contributed by atoms with E-state index in [1.165, 1.54) is 0 Å². The van der Waals surface area contributed by atoms with E-state index in [-0.39, 0.29) is 25.7 Å². The molecule has 0 radical (unpaired) electrons. The molecule has 0 saturated heterocycles. The fourth-order valence-corrected chi connectivity index (χ4v) is 1.59. The Morgan fingerprint density at radius 2 is 1.75 bits per heavy atom. The summed E-state index contributed by atoms with van der Waals surface area (Å²) < 4.78 is 25.3. The summed E-state index contributed by atoms with van der Waals surface area (Å²) in [5.74, 6) is -2.56. The first-order chi connectivity index (χ1) is 5.47. The molecule has 2 nitrogen and oxygen atoms in total. The smallest absolute Gasteiger partial charge is 0.248 e. The van der Waals surface area contributed by atoms with Crippen molar-refractivity contribution >= 4 is 0 Å². The lowest BCUT2D eigenvalue weighted by molar-refractivity contribution is -0.101. The molecule has 1 aliphatic carbocycles. The van der Waals surface area contributed by atoms with Crippen LogP contribution >= 0.6 is 0 Å². The molecule has 0 aromatic heterocycles. The number of likely N-dealkylation sites (N-methyl/N-ethyl adjacent to an activating group) is 1. The maximum atomic E-state index is 12.7. The molecule has 12 heavy (non-hydrogen) atoms. The van der Waals surface area contributed by atoms with Crippen LogP contribution in [0.5, 0.6) is 0 Å². The zero-order valence-electron chi connectivity index (χ0n) is 7.24. The highest BCUT2D eigenvalue weighted by Crippen LogP contribution is 2.37. The average Bonchev–Trinajstić information content (AvgIpc) is 1.98. The lowest BCUT2D eigenvalue weighted by atomic mass is 9.83. The number of halogens is 2. The largest absolute Gasteiger partial charge is 0.389 e. The summed E-state index contributed by atoms with van der Waals surface area (Å²) in [5, 5.41) is 12.5. The normalized spacial score (nSPS) is 27.0. The molecule has 0 unspecified atom stereocenters. The fourth-order valence-electron chi connectivity index (χ4n) is 1.59. The van der Waals surface area contributed by atoms with E-state index in [0.29, 0.717) is 6.54 Å². The molecule has 1 aliphatic rings. The van der Waals surface area contributed by atoms with E-state index in [2.05, 4.69) is 5.32 Å². The van der Waals surface area contributed by atoms with Crippen LogP contribution in [-0.2, 0) is 0 Å². The second kappa shape index (κ2) is 3.26. The van der Waals surface area contributed by atoms with Gasteiger partial charge in [-0.25, -0.2) is 8.78 Å². The summed E-state index contributed by atoms with van der Waals surface area (Å²) in [7, 11) is 1.71. The van der Waals surface area contributed by atoms with E-state index < -0.39 is 11.5 Å². The topological polar surface area (TPSA) is 32.3 Å². The third kappa shape index (κ3) is 2.38. The van der Waals surface area contributed by atoms with Gasteiger partial charge in [-0.1, -0.05) is 0 Å². The lowest BCUT2D eigenvalue weighted by Gasteiger charge is -2.35. The molecule has 0 aliphatic heterocycles. The molecule has 0 amide bonds. The van der Waals surface area contributed by atoms with Gasteiger partial charge in [0.15, 0.2) is 0 Å². The van der Waals surface area contributed by atoms with E-state index in [9.17, 15) is 13.9 Å². The molecule has 0 aromatic carbocycles. The highest BCUT2D eigenvalue weighted by atomic mass is 19.3. The number of hydrogen-bond donors (Lipinski definition) is 2. The van der Waals surface area contributed by atoms with Gasteiger partial charge in [0.1, 0.15) is 0 Å². The van der Waals surface area contributed by atoms with E-state index in [1.807, 2.05) is 0 Å². The number of alkyl halides is 2. The SMILES string of the molecule is CNCC1(O)CCC(F)(F)CC1. The minimum atomic E-state index is -2.56. The van der Waals surface area contributed by atoms with Gasteiger partial charge in [0, 0.05) is 19.4 Å². The van der Waals surface area contributed by atoms with Crippen LogP contribution in [0.4, 0.5) is 8.78 Å². The standard InChI is InChI=1S/C8H15F2NO/c1-11-6-7(12)2-4-8(9,10)5-3-7/h11-12H,2-6H2,1H3. The van der Waals surface area contributed by atoms with Gasteiger partial charge in [0.25, 0.3) is 0 Å². The quantitative estimate of drug-likeness (QED) is 0.666. The Bertz CT molecular complexity index is 151. The number of rotatable bonds is 2. The Hall–Kier alpha value is -0.220. The van der Waals surface area contributed by atoms with Crippen LogP contribution in [0.3, 0.4) is 0 Å². The molecule has 1 saturated carbocycles. The second-order valence-corrected chi connectivity index (χ2v) is 3.61. The monoisotopic (exact) mass is 179 g/mol. The van der Waals surface area contributed by atoms with E-state index >= 15 is 0 Å². The highest BCUT2D eigenvalue weighted by molar-refractivity contribution is 4.89. The number of aliphatic hydroxyl groups is 1. The minimum absolute atomic E-state index is 0.189. The van der Waals surface area contributed by atoms with Crippen LogP contribution in [-0.4, -0.2) is 30.2 Å². The zero-order valence-corrected chi connectivity index (χ0v) is 7.24. The van der Waals surface area contributed by atoms with Crippen molar-refractivity contribution < 1.29 is 13.9 Å². The van der Waals surface area contributed by atoms with Gasteiger partial charge in [-0.05, 0) is 19.9 Å².